The molecule has 0 saturated carbocycles. The summed E-state index contributed by atoms with van der Waals surface area (Å²) in [6.07, 6.45) is 2.89. The average molecular weight is 255 g/mol. The Labute approximate surface area is 110 Å². The molecule has 1 aromatic heterocycles. The van der Waals surface area contributed by atoms with E-state index in [2.05, 4.69) is 4.98 Å². The van der Waals surface area contributed by atoms with Crippen molar-refractivity contribution in [3.8, 4) is 0 Å². The molecule has 0 saturated heterocycles. The number of carboxylic acid groups (broad SMARTS) is 1. The van der Waals surface area contributed by atoms with Crippen molar-refractivity contribution in [3.63, 3.8) is 0 Å². The lowest BCUT2D eigenvalue weighted by Gasteiger charge is -2.14. The minimum Gasteiger partial charge on any atom is -0.481 e. The number of rotatable bonds is 5. The number of aromatic nitrogens is 1. The van der Waals surface area contributed by atoms with Crippen molar-refractivity contribution in [3.05, 3.63) is 66.0 Å². The molecule has 0 aliphatic rings. The molecule has 0 aliphatic heterocycles. The molecule has 4 nitrogen and oxygen atoms in total. The van der Waals surface area contributed by atoms with E-state index in [-0.39, 0.29) is 12.2 Å². The summed E-state index contributed by atoms with van der Waals surface area (Å²) in [6, 6.07) is 12.1. The van der Waals surface area contributed by atoms with Gasteiger partial charge in [0.05, 0.1) is 12.3 Å². The van der Waals surface area contributed by atoms with Gasteiger partial charge in [0.1, 0.15) is 0 Å². The number of Topliss-reactive ketones (excluding diaryl/α,β-unsaturated/α-hetero) is 1. The van der Waals surface area contributed by atoms with Crippen LogP contribution in [0.4, 0.5) is 0 Å². The fourth-order valence-electron chi connectivity index (χ4n) is 1.94. The molecular formula is C15H13NO3. The van der Waals surface area contributed by atoms with E-state index in [9.17, 15) is 9.59 Å². The molecule has 4 heteroatoms. The predicted molar refractivity (Wildman–Crippen MR) is 70.0 cm³/mol. The van der Waals surface area contributed by atoms with Crippen LogP contribution in [0.1, 0.15) is 28.3 Å². The second-order valence-corrected chi connectivity index (χ2v) is 4.16. The molecule has 0 fully saturated rings. The van der Waals surface area contributed by atoms with E-state index in [1.165, 1.54) is 0 Å². The van der Waals surface area contributed by atoms with E-state index >= 15 is 0 Å². The highest BCUT2D eigenvalue weighted by atomic mass is 16.4. The Hall–Kier alpha value is -2.49. The van der Waals surface area contributed by atoms with E-state index < -0.39 is 11.9 Å². The topological polar surface area (TPSA) is 67.3 Å². The summed E-state index contributed by atoms with van der Waals surface area (Å²) in [6.45, 7) is 0. The Morgan fingerprint density at radius 2 is 1.68 bits per heavy atom. The SMILES string of the molecule is O=C(O)CC(C(=O)c1ccccc1)c1ccncc1. The van der Waals surface area contributed by atoms with Crippen LogP contribution in [0.3, 0.4) is 0 Å². The molecule has 0 aliphatic carbocycles. The third-order valence-corrected chi connectivity index (χ3v) is 2.86. The molecule has 1 aromatic carbocycles. The van der Waals surface area contributed by atoms with Gasteiger partial charge >= 0.3 is 5.97 Å². The fraction of sp³-hybridized carbons (Fsp3) is 0.133. The summed E-state index contributed by atoms with van der Waals surface area (Å²) in [7, 11) is 0. The molecule has 0 spiro atoms. The number of pyridine rings is 1. The van der Waals surface area contributed by atoms with Crippen LogP contribution in [-0.2, 0) is 4.79 Å². The van der Waals surface area contributed by atoms with Crippen molar-refractivity contribution >= 4 is 11.8 Å². The van der Waals surface area contributed by atoms with Gasteiger partial charge in [-0.3, -0.25) is 14.6 Å². The normalized spacial score (nSPS) is 11.8. The number of nitrogens with zero attached hydrogens (tertiary/aromatic N) is 1. The van der Waals surface area contributed by atoms with E-state index in [1.54, 1.807) is 48.8 Å². The quantitative estimate of drug-likeness (QED) is 0.833. The first-order chi connectivity index (χ1) is 9.18. The first-order valence-corrected chi connectivity index (χ1v) is 5.89. The van der Waals surface area contributed by atoms with Gasteiger partial charge in [-0.15, -0.1) is 0 Å². The minimum atomic E-state index is -0.994. The maximum atomic E-state index is 12.4. The molecule has 96 valence electrons. The van der Waals surface area contributed by atoms with Gasteiger partial charge in [-0.25, -0.2) is 0 Å². The summed E-state index contributed by atoms with van der Waals surface area (Å²) >= 11 is 0. The zero-order valence-corrected chi connectivity index (χ0v) is 10.2. The van der Waals surface area contributed by atoms with Crippen LogP contribution in [-0.4, -0.2) is 21.8 Å². The molecule has 0 radical (unpaired) electrons. The van der Waals surface area contributed by atoms with E-state index in [4.69, 9.17) is 5.11 Å². The van der Waals surface area contributed by atoms with Gasteiger partial charge in [-0.1, -0.05) is 30.3 Å². The van der Waals surface area contributed by atoms with Gasteiger partial charge in [-0.05, 0) is 17.7 Å². The van der Waals surface area contributed by atoms with Crippen LogP contribution in [0.5, 0.6) is 0 Å². The van der Waals surface area contributed by atoms with E-state index in [0.717, 1.165) is 0 Å². The fourth-order valence-corrected chi connectivity index (χ4v) is 1.94. The Bertz CT molecular complexity index is 566. The van der Waals surface area contributed by atoms with Crippen molar-refractivity contribution in [2.24, 2.45) is 0 Å². The summed E-state index contributed by atoms with van der Waals surface area (Å²) in [5, 5.41) is 8.97. The standard InChI is InChI=1S/C15H13NO3/c17-14(18)10-13(11-6-8-16-9-7-11)15(19)12-4-2-1-3-5-12/h1-9,13H,10H2,(H,17,18). The lowest BCUT2D eigenvalue weighted by atomic mass is 9.88. The minimum absolute atomic E-state index is 0.186. The molecule has 19 heavy (non-hydrogen) atoms. The Balaban J connectivity index is 2.33. The molecule has 1 heterocycles. The highest BCUT2D eigenvalue weighted by Crippen LogP contribution is 2.24. The van der Waals surface area contributed by atoms with Gasteiger partial charge in [-0.2, -0.15) is 0 Å². The Kier molecular flexibility index (Phi) is 4.03. The summed E-state index contributed by atoms with van der Waals surface area (Å²) in [5.74, 6) is -1.86. The molecule has 2 aromatic rings. The molecular weight excluding hydrogens is 242 g/mol. The zero-order valence-electron chi connectivity index (χ0n) is 10.2. The van der Waals surface area contributed by atoms with Gasteiger partial charge < -0.3 is 5.11 Å². The number of carboxylic acids is 1. The van der Waals surface area contributed by atoms with Crippen LogP contribution in [0.25, 0.3) is 0 Å². The number of hydrogen-bond acceptors (Lipinski definition) is 3. The smallest absolute Gasteiger partial charge is 0.304 e. The third kappa shape index (κ3) is 3.25. The molecule has 0 amide bonds. The molecule has 2 rings (SSSR count). The average Bonchev–Trinajstić information content (AvgIpc) is 2.46. The van der Waals surface area contributed by atoms with Gasteiger partial charge in [0.25, 0.3) is 0 Å². The van der Waals surface area contributed by atoms with Gasteiger partial charge in [0.2, 0.25) is 0 Å². The number of benzene rings is 1. The molecule has 1 atom stereocenters. The summed E-state index contributed by atoms with van der Waals surface area (Å²) < 4.78 is 0. The van der Waals surface area contributed by atoms with Gasteiger partial charge in [0.15, 0.2) is 5.78 Å². The van der Waals surface area contributed by atoms with E-state index in [0.29, 0.717) is 11.1 Å². The maximum absolute atomic E-state index is 12.4. The number of aliphatic carboxylic acids is 1. The van der Waals surface area contributed by atoms with Crippen LogP contribution < -0.4 is 0 Å². The Morgan fingerprint density at radius 1 is 1.05 bits per heavy atom. The molecule has 0 bridgehead atoms. The molecule has 1 unspecified atom stereocenters. The number of carbonyl (C=O) groups excluding carboxylic acids is 1. The van der Waals surface area contributed by atoms with E-state index in [1.807, 2.05) is 6.07 Å². The van der Waals surface area contributed by atoms with Crippen LogP contribution in [0.15, 0.2) is 54.9 Å². The highest BCUT2D eigenvalue weighted by Gasteiger charge is 2.24. The second-order valence-electron chi connectivity index (χ2n) is 4.16. The summed E-state index contributed by atoms with van der Waals surface area (Å²) in [5.41, 5.74) is 1.19. The lowest BCUT2D eigenvalue weighted by molar-refractivity contribution is -0.137. The highest BCUT2D eigenvalue weighted by molar-refractivity contribution is 6.02. The van der Waals surface area contributed by atoms with Gasteiger partial charge in [0, 0.05) is 18.0 Å². The lowest BCUT2D eigenvalue weighted by Crippen LogP contribution is -2.17. The number of hydrogen-bond donors (Lipinski definition) is 1. The predicted octanol–water partition coefficient (Wildman–Crippen LogP) is 2.52. The second kappa shape index (κ2) is 5.91. The largest absolute Gasteiger partial charge is 0.481 e. The van der Waals surface area contributed by atoms with Crippen molar-refractivity contribution in [2.75, 3.05) is 0 Å². The van der Waals surface area contributed by atoms with Crippen LogP contribution in [0, 0.1) is 0 Å². The maximum Gasteiger partial charge on any atom is 0.304 e. The van der Waals surface area contributed by atoms with Crippen LogP contribution in [0.2, 0.25) is 0 Å². The number of ketones is 1. The van der Waals surface area contributed by atoms with Crippen molar-refractivity contribution in [1.29, 1.82) is 0 Å². The monoisotopic (exact) mass is 255 g/mol. The van der Waals surface area contributed by atoms with Crippen molar-refractivity contribution in [2.45, 2.75) is 12.3 Å². The Morgan fingerprint density at radius 3 is 2.26 bits per heavy atom. The molecule has 1 N–H and O–H groups in total. The third-order valence-electron chi connectivity index (χ3n) is 2.86. The van der Waals surface area contributed by atoms with Crippen molar-refractivity contribution in [1.82, 2.24) is 4.98 Å². The zero-order chi connectivity index (χ0) is 13.7. The first-order valence-electron chi connectivity index (χ1n) is 5.89. The van der Waals surface area contributed by atoms with Crippen LogP contribution >= 0.6 is 0 Å². The number of carbonyl (C=O) groups is 2. The van der Waals surface area contributed by atoms with Crippen molar-refractivity contribution < 1.29 is 14.7 Å². The first kappa shape index (κ1) is 13.0. The summed E-state index contributed by atoms with van der Waals surface area (Å²) in [4.78, 5) is 27.2.